The summed E-state index contributed by atoms with van der Waals surface area (Å²) >= 11 is 0. The summed E-state index contributed by atoms with van der Waals surface area (Å²) in [6.07, 6.45) is 2.70. The van der Waals surface area contributed by atoms with Gasteiger partial charge in [0, 0.05) is 25.3 Å². The molecule has 110 valence electrons. The van der Waals surface area contributed by atoms with Gasteiger partial charge < -0.3 is 4.74 Å². The van der Waals surface area contributed by atoms with Crippen molar-refractivity contribution < 1.29 is 9.53 Å². The van der Waals surface area contributed by atoms with Crippen LogP contribution in [0.5, 0.6) is 0 Å². The summed E-state index contributed by atoms with van der Waals surface area (Å²) in [6.45, 7) is 5.89. The number of hydrogen-bond acceptors (Lipinski definition) is 4. The van der Waals surface area contributed by atoms with Gasteiger partial charge in [-0.1, -0.05) is 19.1 Å². The van der Waals surface area contributed by atoms with Crippen molar-refractivity contribution in [2.45, 2.75) is 32.4 Å². The predicted molar refractivity (Wildman–Crippen MR) is 78.0 cm³/mol. The topological polar surface area (TPSA) is 67.6 Å². The van der Waals surface area contributed by atoms with E-state index in [1.165, 1.54) is 12.0 Å². The van der Waals surface area contributed by atoms with Crippen molar-refractivity contribution in [2.24, 2.45) is 5.84 Å². The molecule has 1 unspecified atom stereocenters. The summed E-state index contributed by atoms with van der Waals surface area (Å²) in [6, 6.07) is 7.56. The van der Waals surface area contributed by atoms with Gasteiger partial charge in [-0.15, -0.1) is 0 Å². The molecule has 1 aromatic carbocycles. The molecule has 0 aliphatic carbocycles. The van der Waals surface area contributed by atoms with Gasteiger partial charge in [-0.25, -0.2) is 5.84 Å². The molecular formula is C15H23N3O2. The molecule has 0 saturated carbocycles. The first-order valence-corrected chi connectivity index (χ1v) is 7.16. The van der Waals surface area contributed by atoms with Crippen molar-refractivity contribution in [1.82, 2.24) is 10.3 Å². The second-order valence-electron chi connectivity index (χ2n) is 5.13. The van der Waals surface area contributed by atoms with Gasteiger partial charge >= 0.3 is 0 Å². The lowest BCUT2D eigenvalue weighted by Crippen LogP contribution is -2.32. The average Bonchev–Trinajstić information content (AvgIpc) is 2.99. The summed E-state index contributed by atoms with van der Waals surface area (Å²) in [5.41, 5.74) is 3.91. The van der Waals surface area contributed by atoms with Crippen LogP contribution in [0.1, 0.15) is 35.7 Å². The summed E-state index contributed by atoms with van der Waals surface area (Å²) in [5.74, 6) is 4.85. The molecule has 1 heterocycles. The molecule has 5 nitrogen and oxygen atoms in total. The van der Waals surface area contributed by atoms with E-state index >= 15 is 0 Å². The highest BCUT2D eigenvalue weighted by atomic mass is 16.5. The Kier molecular flexibility index (Phi) is 5.52. The Labute approximate surface area is 120 Å². The fourth-order valence-electron chi connectivity index (χ4n) is 2.48. The smallest absolute Gasteiger partial charge is 0.265 e. The minimum absolute atomic E-state index is 0.261. The zero-order valence-electron chi connectivity index (χ0n) is 12.0. The summed E-state index contributed by atoms with van der Waals surface area (Å²) in [4.78, 5) is 13.7. The Morgan fingerprint density at radius 1 is 1.45 bits per heavy atom. The lowest BCUT2D eigenvalue weighted by molar-refractivity contribution is 0.0725. The first-order valence-electron chi connectivity index (χ1n) is 7.16. The first kappa shape index (κ1) is 15.0. The standard InChI is InChI=1S/C15H23N3O2/c1-2-18(11-14-4-3-9-20-14)10-12-5-7-13(8-6-12)15(19)17-16/h5-8,14H,2-4,9-11,16H2,1H3,(H,17,19). The van der Waals surface area contributed by atoms with E-state index in [0.717, 1.165) is 32.7 Å². The second kappa shape index (κ2) is 7.38. The highest BCUT2D eigenvalue weighted by molar-refractivity contribution is 5.93. The molecule has 2 rings (SSSR count). The maximum absolute atomic E-state index is 11.4. The number of nitrogens with two attached hydrogens (primary N) is 1. The third kappa shape index (κ3) is 4.03. The van der Waals surface area contributed by atoms with Gasteiger partial charge in [0.1, 0.15) is 0 Å². The molecule has 1 saturated heterocycles. The Bertz CT molecular complexity index is 427. The number of benzene rings is 1. The predicted octanol–water partition coefficient (Wildman–Crippen LogP) is 1.29. The van der Waals surface area contributed by atoms with E-state index in [9.17, 15) is 4.79 Å². The molecule has 0 bridgehead atoms. The van der Waals surface area contributed by atoms with E-state index in [2.05, 4.69) is 17.2 Å². The van der Waals surface area contributed by atoms with E-state index in [1.807, 2.05) is 12.1 Å². The molecule has 1 aliphatic heterocycles. The minimum atomic E-state index is -0.261. The number of carbonyl (C=O) groups excluding carboxylic acids is 1. The molecule has 20 heavy (non-hydrogen) atoms. The molecule has 5 heteroatoms. The van der Waals surface area contributed by atoms with Crippen LogP contribution in [0.4, 0.5) is 0 Å². The van der Waals surface area contributed by atoms with Gasteiger partial charge in [-0.05, 0) is 37.1 Å². The number of hydrogen-bond donors (Lipinski definition) is 2. The quantitative estimate of drug-likeness (QED) is 0.467. The number of carbonyl (C=O) groups is 1. The van der Waals surface area contributed by atoms with Crippen molar-refractivity contribution in [3.63, 3.8) is 0 Å². The Hall–Kier alpha value is -1.43. The molecule has 1 fully saturated rings. The maximum Gasteiger partial charge on any atom is 0.265 e. The number of likely N-dealkylation sites (N-methyl/N-ethyl adjacent to an activating group) is 1. The SMILES string of the molecule is CCN(Cc1ccc(C(=O)NN)cc1)CC1CCCO1. The van der Waals surface area contributed by atoms with Gasteiger partial charge in [-0.3, -0.25) is 15.1 Å². The number of ether oxygens (including phenoxy) is 1. The zero-order chi connectivity index (χ0) is 14.4. The molecular weight excluding hydrogens is 254 g/mol. The molecule has 0 spiro atoms. The lowest BCUT2D eigenvalue weighted by atomic mass is 10.1. The van der Waals surface area contributed by atoms with Crippen LogP contribution in [0.3, 0.4) is 0 Å². The number of nitrogen functional groups attached to an aromatic ring is 1. The minimum Gasteiger partial charge on any atom is -0.377 e. The first-order chi connectivity index (χ1) is 9.72. The number of nitrogens with zero attached hydrogens (tertiary/aromatic N) is 1. The fourth-order valence-corrected chi connectivity index (χ4v) is 2.48. The van der Waals surface area contributed by atoms with Gasteiger partial charge in [0.2, 0.25) is 0 Å². The Balaban J connectivity index is 1.91. The lowest BCUT2D eigenvalue weighted by Gasteiger charge is -2.23. The van der Waals surface area contributed by atoms with Crippen molar-refractivity contribution >= 4 is 5.91 Å². The zero-order valence-corrected chi connectivity index (χ0v) is 12.0. The molecule has 0 radical (unpaired) electrons. The molecule has 1 aliphatic rings. The van der Waals surface area contributed by atoms with E-state index < -0.39 is 0 Å². The monoisotopic (exact) mass is 277 g/mol. The third-order valence-corrected chi connectivity index (χ3v) is 3.69. The largest absolute Gasteiger partial charge is 0.377 e. The Morgan fingerprint density at radius 2 is 2.20 bits per heavy atom. The van der Waals surface area contributed by atoms with Crippen molar-refractivity contribution in [1.29, 1.82) is 0 Å². The summed E-state index contributed by atoms with van der Waals surface area (Å²) < 4.78 is 5.68. The van der Waals surface area contributed by atoms with Crippen molar-refractivity contribution in [3.8, 4) is 0 Å². The fraction of sp³-hybridized carbons (Fsp3) is 0.533. The van der Waals surface area contributed by atoms with E-state index in [1.54, 1.807) is 12.1 Å². The summed E-state index contributed by atoms with van der Waals surface area (Å²) in [7, 11) is 0. The molecule has 0 aromatic heterocycles. The second-order valence-corrected chi connectivity index (χ2v) is 5.13. The van der Waals surface area contributed by atoms with Gasteiger partial charge in [0.15, 0.2) is 0 Å². The van der Waals surface area contributed by atoms with Crippen LogP contribution in [0.15, 0.2) is 24.3 Å². The van der Waals surface area contributed by atoms with Crippen molar-refractivity contribution in [3.05, 3.63) is 35.4 Å². The highest BCUT2D eigenvalue weighted by Crippen LogP contribution is 2.15. The van der Waals surface area contributed by atoms with E-state index in [0.29, 0.717) is 11.7 Å². The summed E-state index contributed by atoms with van der Waals surface area (Å²) in [5, 5.41) is 0. The average molecular weight is 277 g/mol. The van der Waals surface area contributed by atoms with Crippen LogP contribution in [0.25, 0.3) is 0 Å². The number of hydrazine groups is 1. The molecule has 3 N–H and O–H groups in total. The number of rotatable bonds is 6. The van der Waals surface area contributed by atoms with Crippen LogP contribution >= 0.6 is 0 Å². The number of amides is 1. The van der Waals surface area contributed by atoms with Crippen LogP contribution in [-0.4, -0.2) is 36.6 Å². The Morgan fingerprint density at radius 3 is 2.75 bits per heavy atom. The number of nitrogens with one attached hydrogen (secondary N) is 1. The molecule has 1 atom stereocenters. The van der Waals surface area contributed by atoms with Crippen LogP contribution in [-0.2, 0) is 11.3 Å². The van der Waals surface area contributed by atoms with Gasteiger partial charge in [0.25, 0.3) is 5.91 Å². The molecule has 1 aromatic rings. The van der Waals surface area contributed by atoms with Gasteiger partial charge in [-0.2, -0.15) is 0 Å². The van der Waals surface area contributed by atoms with Crippen LogP contribution < -0.4 is 11.3 Å². The third-order valence-electron chi connectivity index (χ3n) is 3.69. The van der Waals surface area contributed by atoms with E-state index in [4.69, 9.17) is 10.6 Å². The highest BCUT2D eigenvalue weighted by Gasteiger charge is 2.18. The normalized spacial score (nSPS) is 18.4. The van der Waals surface area contributed by atoms with Crippen LogP contribution in [0, 0.1) is 0 Å². The van der Waals surface area contributed by atoms with Crippen LogP contribution in [0.2, 0.25) is 0 Å². The molecule has 1 amide bonds. The van der Waals surface area contributed by atoms with Crippen molar-refractivity contribution in [2.75, 3.05) is 19.7 Å². The van der Waals surface area contributed by atoms with Gasteiger partial charge in [0.05, 0.1) is 6.10 Å². The van der Waals surface area contributed by atoms with E-state index in [-0.39, 0.29) is 5.91 Å². The maximum atomic E-state index is 11.4.